The van der Waals surface area contributed by atoms with Crippen molar-refractivity contribution in [3.05, 3.63) is 33.9 Å². The van der Waals surface area contributed by atoms with E-state index in [4.69, 9.17) is 0 Å². The lowest BCUT2D eigenvalue weighted by Crippen LogP contribution is -2.41. The summed E-state index contributed by atoms with van der Waals surface area (Å²) < 4.78 is 3.79. The second-order valence-electron chi connectivity index (χ2n) is 7.71. The van der Waals surface area contributed by atoms with Crippen LogP contribution in [-0.2, 0) is 6.54 Å². The van der Waals surface area contributed by atoms with E-state index in [1.165, 1.54) is 53.3 Å². The van der Waals surface area contributed by atoms with Crippen LogP contribution in [0.1, 0.15) is 50.4 Å². The van der Waals surface area contributed by atoms with Crippen LogP contribution in [0.5, 0.6) is 0 Å². The molecule has 0 radical (unpaired) electrons. The van der Waals surface area contributed by atoms with Crippen LogP contribution in [0.4, 0.5) is 0 Å². The van der Waals surface area contributed by atoms with Gasteiger partial charge < -0.3 is 4.57 Å². The molecule has 126 valence electrons. The van der Waals surface area contributed by atoms with Gasteiger partial charge in [-0.25, -0.2) is 0 Å². The number of rotatable bonds is 1. The Hall–Kier alpha value is -0.510. The number of hydrogen-bond acceptors (Lipinski definition) is 1. The van der Waals surface area contributed by atoms with E-state index in [9.17, 15) is 0 Å². The summed E-state index contributed by atoms with van der Waals surface area (Å²) >= 11 is 3.64. The van der Waals surface area contributed by atoms with Crippen molar-refractivity contribution in [2.45, 2.75) is 52.6 Å². The molecule has 2 aliphatic rings. The van der Waals surface area contributed by atoms with Crippen molar-refractivity contribution in [1.29, 1.82) is 0 Å². The Kier molecular flexibility index (Phi) is 4.59. The highest BCUT2D eigenvalue weighted by molar-refractivity contribution is 9.10. The standard InChI is InChI=1S/C19H25BrN2.ClH/c1-13-15-12-14(20)6-7-16(15)22-11-8-19(2,3)18(17(13)22)21-9-4-5-10-21;/h6-7,12,18H,4-5,8-11H2,1-3H3;1H. The van der Waals surface area contributed by atoms with Crippen molar-refractivity contribution in [3.63, 3.8) is 0 Å². The van der Waals surface area contributed by atoms with Gasteiger partial charge in [0, 0.05) is 27.6 Å². The zero-order valence-electron chi connectivity index (χ0n) is 14.2. The summed E-state index contributed by atoms with van der Waals surface area (Å²) in [5, 5.41) is 1.42. The second-order valence-corrected chi connectivity index (χ2v) is 8.62. The van der Waals surface area contributed by atoms with Crippen LogP contribution in [0.25, 0.3) is 10.9 Å². The van der Waals surface area contributed by atoms with Gasteiger partial charge in [0.1, 0.15) is 0 Å². The molecule has 4 rings (SSSR count). The van der Waals surface area contributed by atoms with Crippen LogP contribution in [-0.4, -0.2) is 22.6 Å². The molecule has 0 amide bonds. The highest BCUT2D eigenvalue weighted by atomic mass is 79.9. The molecule has 1 atom stereocenters. The zero-order valence-corrected chi connectivity index (χ0v) is 16.6. The molecule has 2 nitrogen and oxygen atoms in total. The molecule has 0 spiro atoms. The number of aryl methyl sites for hydroxylation is 2. The Morgan fingerprint density at radius 2 is 1.83 bits per heavy atom. The second kappa shape index (κ2) is 6.09. The molecule has 0 N–H and O–H groups in total. The molecule has 0 saturated carbocycles. The minimum absolute atomic E-state index is 0. The van der Waals surface area contributed by atoms with E-state index in [1.54, 1.807) is 5.69 Å². The van der Waals surface area contributed by atoms with Crippen LogP contribution in [0, 0.1) is 12.3 Å². The first-order valence-electron chi connectivity index (χ1n) is 8.51. The molecule has 23 heavy (non-hydrogen) atoms. The molecule has 4 heteroatoms. The average Bonchev–Trinajstić information content (AvgIpc) is 3.07. The van der Waals surface area contributed by atoms with E-state index in [-0.39, 0.29) is 12.4 Å². The van der Waals surface area contributed by atoms with Crippen molar-refractivity contribution >= 4 is 39.2 Å². The molecule has 1 aromatic carbocycles. The molecule has 0 aliphatic carbocycles. The van der Waals surface area contributed by atoms with Gasteiger partial charge in [0.15, 0.2) is 0 Å². The van der Waals surface area contributed by atoms with Crippen LogP contribution >= 0.6 is 28.3 Å². The number of aromatic nitrogens is 1. The predicted molar refractivity (Wildman–Crippen MR) is 104 cm³/mol. The molecule has 2 aliphatic heterocycles. The fourth-order valence-electron chi connectivity index (χ4n) is 4.68. The van der Waals surface area contributed by atoms with Crippen molar-refractivity contribution < 1.29 is 0 Å². The topological polar surface area (TPSA) is 8.17 Å². The number of nitrogens with zero attached hydrogens (tertiary/aromatic N) is 2. The minimum atomic E-state index is 0. The summed E-state index contributed by atoms with van der Waals surface area (Å²) in [5.41, 5.74) is 4.83. The van der Waals surface area contributed by atoms with Gasteiger partial charge in [0.2, 0.25) is 0 Å². The number of halogens is 2. The van der Waals surface area contributed by atoms with Crippen molar-refractivity contribution in [1.82, 2.24) is 9.47 Å². The quantitative estimate of drug-likeness (QED) is 0.599. The fourth-order valence-corrected chi connectivity index (χ4v) is 5.04. The highest BCUT2D eigenvalue weighted by Gasteiger charge is 2.42. The third kappa shape index (κ3) is 2.65. The summed E-state index contributed by atoms with van der Waals surface area (Å²) in [4.78, 5) is 2.74. The van der Waals surface area contributed by atoms with E-state index in [0.717, 1.165) is 6.54 Å². The lowest BCUT2D eigenvalue weighted by atomic mass is 9.75. The van der Waals surface area contributed by atoms with Gasteiger partial charge in [0.05, 0.1) is 6.04 Å². The average molecular weight is 398 g/mol. The van der Waals surface area contributed by atoms with Crippen molar-refractivity contribution in [2.75, 3.05) is 13.1 Å². The van der Waals surface area contributed by atoms with Crippen LogP contribution in [0.15, 0.2) is 22.7 Å². The van der Waals surface area contributed by atoms with Gasteiger partial charge in [-0.2, -0.15) is 0 Å². The molecule has 3 heterocycles. The summed E-state index contributed by atoms with van der Waals surface area (Å²) in [7, 11) is 0. The van der Waals surface area contributed by atoms with Gasteiger partial charge in [-0.1, -0.05) is 29.8 Å². The summed E-state index contributed by atoms with van der Waals surface area (Å²) in [6, 6.07) is 7.33. The molecule has 1 fully saturated rings. The van der Waals surface area contributed by atoms with Gasteiger partial charge in [-0.15, -0.1) is 12.4 Å². The number of likely N-dealkylation sites (tertiary alicyclic amines) is 1. The molecule has 1 aromatic heterocycles. The van der Waals surface area contributed by atoms with E-state index >= 15 is 0 Å². The molecular weight excluding hydrogens is 372 g/mol. The predicted octanol–water partition coefficient (Wildman–Crippen LogP) is 5.70. The summed E-state index contributed by atoms with van der Waals surface area (Å²) in [5.74, 6) is 0. The molecule has 2 aromatic rings. The largest absolute Gasteiger partial charge is 0.343 e. The number of benzene rings is 1. The smallest absolute Gasteiger partial charge is 0.0555 e. The third-order valence-corrected chi connectivity index (χ3v) is 6.31. The highest BCUT2D eigenvalue weighted by Crippen LogP contribution is 2.49. The van der Waals surface area contributed by atoms with E-state index < -0.39 is 0 Å². The Labute approximate surface area is 153 Å². The molecule has 1 unspecified atom stereocenters. The SMILES string of the molecule is Cc1c2n(c3ccc(Br)cc13)CCC(C)(C)C2N1CCCC1.Cl. The normalized spacial score (nSPS) is 23.7. The first kappa shape index (κ1) is 17.3. The Morgan fingerprint density at radius 3 is 2.52 bits per heavy atom. The Morgan fingerprint density at radius 1 is 1.13 bits per heavy atom. The first-order valence-corrected chi connectivity index (χ1v) is 9.31. The summed E-state index contributed by atoms with van der Waals surface area (Å²) in [6.07, 6.45) is 3.98. The first-order chi connectivity index (χ1) is 10.5. The molecule has 0 bridgehead atoms. The van der Waals surface area contributed by atoms with Crippen molar-refractivity contribution in [2.24, 2.45) is 5.41 Å². The van der Waals surface area contributed by atoms with Crippen LogP contribution in [0.2, 0.25) is 0 Å². The Bertz CT molecular complexity index is 729. The number of fused-ring (bicyclic) bond motifs is 3. The van der Waals surface area contributed by atoms with Crippen molar-refractivity contribution in [3.8, 4) is 0 Å². The maximum atomic E-state index is 3.64. The Balaban J connectivity index is 0.00000156. The lowest BCUT2D eigenvalue weighted by Gasteiger charge is -2.45. The fraction of sp³-hybridized carbons (Fsp3) is 0.579. The van der Waals surface area contributed by atoms with Gasteiger partial charge >= 0.3 is 0 Å². The summed E-state index contributed by atoms with van der Waals surface area (Å²) in [6.45, 7) is 10.9. The number of hydrogen-bond donors (Lipinski definition) is 0. The lowest BCUT2D eigenvalue weighted by molar-refractivity contribution is 0.0729. The maximum absolute atomic E-state index is 3.64. The van der Waals surface area contributed by atoms with E-state index in [0.29, 0.717) is 11.5 Å². The third-order valence-electron chi connectivity index (χ3n) is 5.81. The van der Waals surface area contributed by atoms with Crippen LogP contribution in [0.3, 0.4) is 0 Å². The minimum Gasteiger partial charge on any atom is -0.343 e. The van der Waals surface area contributed by atoms with Gasteiger partial charge in [-0.05, 0) is 68.5 Å². The van der Waals surface area contributed by atoms with E-state index in [2.05, 4.69) is 64.4 Å². The zero-order chi connectivity index (χ0) is 15.5. The molecular formula is C19H26BrClN2. The van der Waals surface area contributed by atoms with Gasteiger partial charge in [0.25, 0.3) is 0 Å². The van der Waals surface area contributed by atoms with Gasteiger partial charge in [-0.3, -0.25) is 4.90 Å². The van der Waals surface area contributed by atoms with E-state index in [1.807, 2.05) is 0 Å². The monoisotopic (exact) mass is 396 g/mol. The maximum Gasteiger partial charge on any atom is 0.0555 e. The molecule has 1 saturated heterocycles. The van der Waals surface area contributed by atoms with Crippen LogP contribution < -0.4 is 0 Å².